The monoisotopic (exact) mass is 354 g/mol. The Kier molecular flexibility index (Phi) is 4.77. The molecule has 0 amide bonds. The van der Waals surface area contributed by atoms with Crippen molar-refractivity contribution in [2.45, 2.75) is 39.1 Å². The molecule has 1 aliphatic rings. The maximum absolute atomic E-state index is 5.99. The number of benzene rings is 1. The minimum Gasteiger partial charge on any atom is -0.423 e. The van der Waals surface area contributed by atoms with Gasteiger partial charge in [0.25, 0.3) is 0 Å². The Morgan fingerprint density at radius 3 is 2.73 bits per heavy atom. The number of ether oxygens (including phenoxy) is 1. The third-order valence-corrected chi connectivity index (χ3v) is 4.41. The van der Waals surface area contributed by atoms with E-state index < -0.39 is 0 Å². The van der Waals surface area contributed by atoms with E-state index in [4.69, 9.17) is 9.15 Å². The summed E-state index contributed by atoms with van der Waals surface area (Å²) < 4.78 is 13.5. The van der Waals surface area contributed by atoms with E-state index in [1.165, 1.54) is 5.56 Å². The standard InChI is InChI=1S/C18H22N6O2/c1-13-9-23(12-17(25-13)18-21-20-14(2)26-18)11-16-8-19-22-24(16)10-15-6-4-3-5-7-15/h3-8,13,17H,9-12H2,1-2H3/t13-,17-/m1/s1. The molecule has 3 aromatic rings. The maximum Gasteiger partial charge on any atom is 0.246 e. The van der Waals surface area contributed by atoms with Crippen molar-refractivity contribution in [3.05, 3.63) is 59.6 Å². The van der Waals surface area contributed by atoms with Gasteiger partial charge in [-0.3, -0.25) is 4.90 Å². The summed E-state index contributed by atoms with van der Waals surface area (Å²) in [6, 6.07) is 10.3. The Morgan fingerprint density at radius 2 is 1.96 bits per heavy atom. The molecule has 0 saturated carbocycles. The van der Waals surface area contributed by atoms with Gasteiger partial charge in [-0.2, -0.15) is 0 Å². The SMILES string of the molecule is Cc1nnc([C@H]2CN(Cc3cnnn3Cc3ccccc3)C[C@@H](C)O2)o1. The van der Waals surface area contributed by atoms with Crippen LogP contribution in [0.15, 0.2) is 40.9 Å². The normalized spacial score (nSPS) is 21.2. The van der Waals surface area contributed by atoms with Crippen LogP contribution >= 0.6 is 0 Å². The van der Waals surface area contributed by atoms with Gasteiger partial charge in [0.1, 0.15) is 6.10 Å². The Labute approximate surface area is 151 Å². The van der Waals surface area contributed by atoms with Gasteiger partial charge in [-0.25, -0.2) is 4.68 Å². The molecule has 1 aliphatic heterocycles. The summed E-state index contributed by atoms with van der Waals surface area (Å²) in [7, 11) is 0. The predicted molar refractivity (Wildman–Crippen MR) is 93.2 cm³/mol. The quantitative estimate of drug-likeness (QED) is 0.693. The van der Waals surface area contributed by atoms with Gasteiger partial charge in [0, 0.05) is 26.6 Å². The highest BCUT2D eigenvalue weighted by Crippen LogP contribution is 2.25. The number of morpholine rings is 1. The second kappa shape index (κ2) is 7.35. The van der Waals surface area contributed by atoms with Crippen LogP contribution in [-0.2, 0) is 17.8 Å². The zero-order valence-electron chi connectivity index (χ0n) is 14.9. The van der Waals surface area contributed by atoms with Crippen molar-refractivity contribution < 1.29 is 9.15 Å². The highest BCUT2D eigenvalue weighted by Gasteiger charge is 2.30. The van der Waals surface area contributed by atoms with E-state index in [0.29, 0.717) is 24.9 Å². The molecular formula is C18H22N6O2. The molecule has 2 atom stereocenters. The van der Waals surface area contributed by atoms with E-state index in [2.05, 4.69) is 44.5 Å². The molecule has 8 nitrogen and oxygen atoms in total. The van der Waals surface area contributed by atoms with E-state index in [9.17, 15) is 0 Å². The smallest absolute Gasteiger partial charge is 0.246 e. The molecule has 0 N–H and O–H groups in total. The highest BCUT2D eigenvalue weighted by molar-refractivity contribution is 5.15. The topological polar surface area (TPSA) is 82.1 Å². The highest BCUT2D eigenvalue weighted by atomic mass is 16.5. The lowest BCUT2D eigenvalue weighted by molar-refractivity contribution is -0.0922. The fourth-order valence-corrected chi connectivity index (χ4v) is 3.27. The molecule has 3 heterocycles. The van der Waals surface area contributed by atoms with Crippen molar-refractivity contribution >= 4 is 0 Å². The summed E-state index contributed by atoms with van der Waals surface area (Å²) in [5.74, 6) is 1.09. The third kappa shape index (κ3) is 3.81. The van der Waals surface area contributed by atoms with Crippen molar-refractivity contribution in [2.24, 2.45) is 0 Å². The number of rotatable bonds is 5. The molecule has 4 rings (SSSR count). The lowest BCUT2D eigenvalue weighted by Gasteiger charge is -2.35. The predicted octanol–water partition coefficient (Wildman–Crippen LogP) is 1.98. The Balaban J connectivity index is 1.46. The maximum atomic E-state index is 5.99. The Hall–Kier alpha value is -2.58. The number of nitrogens with zero attached hydrogens (tertiary/aromatic N) is 6. The van der Waals surface area contributed by atoms with Crippen LogP contribution in [0.25, 0.3) is 0 Å². The van der Waals surface area contributed by atoms with E-state index in [1.807, 2.05) is 29.1 Å². The van der Waals surface area contributed by atoms with Crippen LogP contribution in [0.5, 0.6) is 0 Å². The van der Waals surface area contributed by atoms with Gasteiger partial charge in [-0.15, -0.1) is 15.3 Å². The summed E-state index contributed by atoms with van der Waals surface area (Å²) in [5.41, 5.74) is 2.28. The zero-order chi connectivity index (χ0) is 17.9. The first-order valence-corrected chi connectivity index (χ1v) is 8.76. The Bertz CT molecular complexity index is 846. The molecule has 0 aliphatic carbocycles. The largest absolute Gasteiger partial charge is 0.423 e. The zero-order valence-corrected chi connectivity index (χ0v) is 14.9. The number of aryl methyl sites for hydroxylation is 1. The van der Waals surface area contributed by atoms with E-state index in [0.717, 1.165) is 18.8 Å². The molecule has 1 aromatic carbocycles. The van der Waals surface area contributed by atoms with Gasteiger partial charge < -0.3 is 9.15 Å². The van der Waals surface area contributed by atoms with Gasteiger partial charge in [-0.05, 0) is 12.5 Å². The van der Waals surface area contributed by atoms with E-state index in [1.54, 1.807) is 6.92 Å². The summed E-state index contributed by atoms with van der Waals surface area (Å²) >= 11 is 0. The van der Waals surface area contributed by atoms with Crippen LogP contribution in [0.3, 0.4) is 0 Å². The average Bonchev–Trinajstić information content (AvgIpc) is 3.25. The molecular weight excluding hydrogens is 332 g/mol. The first kappa shape index (κ1) is 16.9. The summed E-state index contributed by atoms with van der Waals surface area (Å²) in [6.45, 7) is 6.83. The first-order valence-electron chi connectivity index (χ1n) is 8.76. The second-order valence-electron chi connectivity index (χ2n) is 6.66. The van der Waals surface area contributed by atoms with Crippen molar-refractivity contribution in [1.82, 2.24) is 30.1 Å². The number of hydrogen-bond donors (Lipinski definition) is 0. The minimum atomic E-state index is -0.210. The molecule has 8 heteroatoms. The van der Waals surface area contributed by atoms with E-state index >= 15 is 0 Å². The van der Waals surface area contributed by atoms with Gasteiger partial charge in [0.05, 0.1) is 24.5 Å². The summed E-state index contributed by atoms with van der Waals surface area (Å²) in [4.78, 5) is 2.32. The molecule has 136 valence electrons. The lowest BCUT2D eigenvalue weighted by Crippen LogP contribution is -2.42. The van der Waals surface area contributed by atoms with Crippen molar-refractivity contribution in [3.63, 3.8) is 0 Å². The summed E-state index contributed by atoms with van der Waals surface area (Å²) in [5, 5.41) is 16.4. The first-order chi connectivity index (χ1) is 12.7. The van der Waals surface area contributed by atoms with Crippen LogP contribution in [0.1, 0.15) is 36.1 Å². The molecule has 2 aromatic heterocycles. The Morgan fingerprint density at radius 1 is 1.12 bits per heavy atom. The van der Waals surface area contributed by atoms with Crippen LogP contribution < -0.4 is 0 Å². The number of aromatic nitrogens is 5. The van der Waals surface area contributed by atoms with Gasteiger partial charge in [0.2, 0.25) is 11.8 Å². The number of hydrogen-bond acceptors (Lipinski definition) is 7. The minimum absolute atomic E-state index is 0.0828. The molecule has 26 heavy (non-hydrogen) atoms. The third-order valence-electron chi connectivity index (χ3n) is 4.41. The van der Waals surface area contributed by atoms with Crippen molar-refractivity contribution in [3.8, 4) is 0 Å². The molecule has 0 spiro atoms. The van der Waals surface area contributed by atoms with E-state index in [-0.39, 0.29) is 12.2 Å². The van der Waals surface area contributed by atoms with Gasteiger partial charge >= 0.3 is 0 Å². The second-order valence-corrected chi connectivity index (χ2v) is 6.66. The average molecular weight is 354 g/mol. The van der Waals surface area contributed by atoms with Gasteiger partial charge in [-0.1, -0.05) is 35.5 Å². The van der Waals surface area contributed by atoms with Crippen molar-refractivity contribution in [1.29, 1.82) is 0 Å². The van der Waals surface area contributed by atoms with Crippen LogP contribution in [0.4, 0.5) is 0 Å². The van der Waals surface area contributed by atoms with Crippen LogP contribution in [-0.4, -0.2) is 49.3 Å². The molecule has 0 bridgehead atoms. The lowest BCUT2D eigenvalue weighted by atomic mass is 10.2. The molecule has 0 unspecified atom stereocenters. The fraction of sp³-hybridized carbons (Fsp3) is 0.444. The van der Waals surface area contributed by atoms with Crippen LogP contribution in [0.2, 0.25) is 0 Å². The fourth-order valence-electron chi connectivity index (χ4n) is 3.27. The molecule has 1 saturated heterocycles. The van der Waals surface area contributed by atoms with Gasteiger partial charge in [0.15, 0.2) is 0 Å². The van der Waals surface area contributed by atoms with Crippen molar-refractivity contribution in [2.75, 3.05) is 13.1 Å². The van der Waals surface area contributed by atoms with Crippen LogP contribution in [0, 0.1) is 6.92 Å². The summed E-state index contributed by atoms with van der Waals surface area (Å²) in [6.07, 6.45) is 1.70. The molecule has 0 radical (unpaired) electrons. The molecule has 1 fully saturated rings.